The van der Waals surface area contributed by atoms with Crippen LogP contribution in [0.3, 0.4) is 0 Å². The Hall–Kier alpha value is -1.10. The molecule has 0 aliphatic carbocycles. The Kier molecular flexibility index (Phi) is 3.20. The fraction of sp³-hybridized carbons (Fsp3) is 0. The predicted octanol–water partition coefficient (Wildman–Crippen LogP) is 4.22. The van der Waals surface area contributed by atoms with E-state index in [2.05, 4.69) is 0 Å². The van der Waals surface area contributed by atoms with Gasteiger partial charge in [0.15, 0.2) is 0 Å². The molecule has 0 spiro atoms. The molecule has 0 aliphatic rings. The van der Waals surface area contributed by atoms with Crippen LogP contribution in [0.4, 0.5) is 4.39 Å². The lowest BCUT2D eigenvalue weighted by atomic mass is 10.3. The van der Waals surface area contributed by atoms with E-state index >= 15 is 0 Å². The van der Waals surface area contributed by atoms with Crippen LogP contribution in [0.2, 0.25) is 0 Å². The third-order valence-corrected chi connectivity index (χ3v) is 2.70. The van der Waals surface area contributed by atoms with Gasteiger partial charge in [0.05, 0.1) is 3.57 Å². The Morgan fingerprint density at radius 2 is 1.67 bits per heavy atom. The molecule has 0 bridgehead atoms. The van der Waals surface area contributed by atoms with E-state index < -0.39 is 0 Å². The molecule has 0 radical (unpaired) electrons. The van der Waals surface area contributed by atoms with E-state index in [9.17, 15) is 4.39 Å². The summed E-state index contributed by atoms with van der Waals surface area (Å²) in [5, 5.41) is 0. The molecule has 0 fully saturated rings. The Bertz CT molecular complexity index is 456. The number of benzene rings is 2. The Morgan fingerprint density at radius 3 is 2.33 bits per heavy atom. The van der Waals surface area contributed by atoms with Gasteiger partial charge in [-0.05, 0) is 52.9 Å². The van der Waals surface area contributed by atoms with Gasteiger partial charge in [0.1, 0.15) is 17.3 Å². The molecule has 1 nitrogen and oxygen atoms in total. The van der Waals surface area contributed by atoms with Crippen molar-refractivity contribution < 1.29 is 9.13 Å². The van der Waals surface area contributed by atoms with E-state index in [1.807, 2.05) is 52.9 Å². The molecular formula is C12H8FIO. The predicted molar refractivity (Wildman–Crippen MR) is 65.6 cm³/mol. The van der Waals surface area contributed by atoms with Crippen LogP contribution in [0.5, 0.6) is 11.5 Å². The van der Waals surface area contributed by atoms with E-state index in [0.29, 0.717) is 9.32 Å². The van der Waals surface area contributed by atoms with Gasteiger partial charge >= 0.3 is 0 Å². The summed E-state index contributed by atoms with van der Waals surface area (Å²) < 4.78 is 19.1. The minimum Gasteiger partial charge on any atom is -0.457 e. The van der Waals surface area contributed by atoms with Crippen LogP contribution in [-0.2, 0) is 0 Å². The van der Waals surface area contributed by atoms with Crippen molar-refractivity contribution in [3.8, 4) is 11.5 Å². The van der Waals surface area contributed by atoms with Gasteiger partial charge < -0.3 is 4.74 Å². The Morgan fingerprint density at radius 1 is 0.933 bits per heavy atom. The van der Waals surface area contributed by atoms with E-state index in [-0.39, 0.29) is 5.82 Å². The van der Waals surface area contributed by atoms with Crippen molar-refractivity contribution in [2.45, 2.75) is 0 Å². The monoisotopic (exact) mass is 314 g/mol. The van der Waals surface area contributed by atoms with Crippen LogP contribution in [0.25, 0.3) is 0 Å². The zero-order valence-corrected chi connectivity index (χ0v) is 9.94. The molecule has 0 heterocycles. The molecule has 0 aliphatic heterocycles. The maximum absolute atomic E-state index is 13.0. The fourth-order valence-corrected chi connectivity index (χ4v) is 1.65. The van der Waals surface area contributed by atoms with Crippen molar-refractivity contribution in [1.82, 2.24) is 0 Å². The molecule has 0 aromatic heterocycles. The molecule has 2 rings (SSSR count). The lowest BCUT2D eigenvalue weighted by molar-refractivity contribution is 0.480. The second kappa shape index (κ2) is 4.61. The summed E-state index contributed by atoms with van der Waals surface area (Å²) in [5.74, 6) is 1.17. The minimum absolute atomic E-state index is 0.226. The molecule has 0 atom stereocenters. The lowest BCUT2D eigenvalue weighted by Gasteiger charge is -2.05. The van der Waals surface area contributed by atoms with Crippen LogP contribution in [-0.4, -0.2) is 0 Å². The summed E-state index contributed by atoms with van der Waals surface area (Å²) in [6.45, 7) is 0. The number of ether oxygens (including phenoxy) is 1. The van der Waals surface area contributed by atoms with Crippen LogP contribution >= 0.6 is 22.6 Å². The van der Waals surface area contributed by atoms with Gasteiger partial charge in [0, 0.05) is 0 Å². The summed E-state index contributed by atoms with van der Waals surface area (Å²) in [7, 11) is 0. The summed E-state index contributed by atoms with van der Waals surface area (Å²) in [6.07, 6.45) is 0. The normalized spacial score (nSPS) is 10.0. The molecule has 2 aromatic rings. The largest absolute Gasteiger partial charge is 0.457 e. The molecule has 0 saturated carbocycles. The highest BCUT2D eigenvalue weighted by molar-refractivity contribution is 14.1. The highest BCUT2D eigenvalue weighted by atomic mass is 127. The topological polar surface area (TPSA) is 9.23 Å². The average molecular weight is 314 g/mol. The number of halogens is 2. The zero-order chi connectivity index (χ0) is 10.7. The number of hydrogen-bond acceptors (Lipinski definition) is 1. The first-order chi connectivity index (χ1) is 7.25. The standard InChI is InChI=1S/C12H8FIO/c13-11-7-6-10(8-12(11)14)15-9-4-2-1-3-5-9/h1-8H. The Labute approximate surface area is 101 Å². The first-order valence-electron chi connectivity index (χ1n) is 4.43. The molecule has 0 unspecified atom stereocenters. The smallest absolute Gasteiger partial charge is 0.136 e. The van der Waals surface area contributed by atoms with Gasteiger partial charge in [-0.3, -0.25) is 0 Å². The summed E-state index contributed by atoms with van der Waals surface area (Å²) in [6, 6.07) is 14.1. The van der Waals surface area contributed by atoms with E-state index in [1.165, 1.54) is 6.07 Å². The highest BCUT2D eigenvalue weighted by Gasteiger charge is 2.01. The quantitative estimate of drug-likeness (QED) is 0.754. The van der Waals surface area contributed by atoms with Gasteiger partial charge in [-0.1, -0.05) is 18.2 Å². The van der Waals surface area contributed by atoms with Crippen molar-refractivity contribution in [2.75, 3.05) is 0 Å². The third kappa shape index (κ3) is 2.68. The Balaban J connectivity index is 2.22. The number of rotatable bonds is 2. The number of hydrogen-bond donors (Lipinski definition) is 0. The van der Waals surface area contributed by atoms with Gasteiger partial charge in [0.25, 0.3) is 0 Å². The first kappa shape index (κ1) is 10.4. The summed E-state index contributed by atoms with van der Waals surface area (Å²) in [5.41, 5.74) is 0. The molecule has 0 N–H and O–H groups in total. The molecule has 0 saturated heterocycles. The van der Waals surface area contributed by atoms with Crippen molar-refractivity contribution in [3.05, 3.63) is 57.9 Å². The van der Waals surface area contributed by atoms with Crippen LogP contribution in [0.1, 0.15) is 0 Å². The van der Waals surface area contributed by atoms with E-state index in [0.717, 1.165) is 5.75 Å². The maximum Gasteiger partial charge on any atom is 0.136 e. The lowest BCUT2D eigenvalue weighted by Crippen LogP contribution is -1.86. The third-order valence-electron chi connectivity index (χ3n) is 1.87. The zero-order valence-electron chi connectivity index (χ0n) is 7.78. The van der Waals surface area contributed by atoms with Crippen LogP contribution in [0.15, 0.2) is 48.5 Å². The fourth-order valence-electron chi connectivity index (χ4n) is 1.16. The molecular weight excluding hydrogens is 306 g/mol. The molecule has 0 amide bonds. The SMILES string of the molecule is Fc1ccc(Oc2ccccc2)cc1I. The molecule has 15 heavy (non-hydrogen) atoms. The maximum atomic E-state index is 13.0. The van der Waals surface area contributed by atoms with Crippen LogP contribution in [0, 0.1) is 9.39 Å². The van der Waals surface area contributed by atoms with Gasteiger partial charge in [0.2, 0.25) is 0 Å². The number of para-hydroxylation sites is 1. The van der Waals surface area contributed by atoms with Gasteiger partial charge in [-0.25, -0.2) is 4.39 Å². The molecule has 2 aromatic carbocycles. The average Bonchev–Trinajstić information content (AvgIpc) is 2.25. The van der Waals surface area contributed by atoms with E-state index in [1.54, 1.807) is 12.1 Å². The van der Waals surface area contributed by atoms with Crippen molar-refractivity contribution >= 4 is 22.6 Å². The first-order valence-corrected chi connectivity index (χ1v) is 5.51. The van der Waals surface area contributed by atoms with Crippen molar-refractivity contribution in [2.24, 2.45) is 0 Å². The summed E-state index contributed by atoms with van der Waals surface area (Å²) >= 11 is 1.94. The van der Waals surface area contributed by atoms with Crippen LogP contribution < -0.4 is 4.74 Å². The highest BCUT2D eigenvalue weighted by Crippen LogP contribution is 2.23. The van der Waals surface area contributed by atoms with Gasteiger partial charge in [-0.2, -0.15) is 0 Å². The van der Waals surface area contributed by atoms with Crippen molar-refractivity contribution in [3.63, 3.8) is 0 Å². The molecule has 3 heteroatoms. The minimum atomic E-state index is -0.226. The van der Waals surface area contributed by atoms with Crippen molar-refractivity contribution in [1.29, 1.82) is 0 Å². The second-order valence-electron chi connectivity index (χ2n) is 2.99. The van der Waals surface area contributed by atoms with E-state index in [4.69, 9.17) is 4.74 Å². The second-order valence-corrected chi connectivity index (χ2v) is 4.15. The molecule has 76 valence electrons. The summed E-state index contributed by atoms with van der Waals surface area (Å²) in [4.78, 5) is 0. The van der Waals surface area contributed by atoms with Gasteiger partial charge in [-0.15, -0.1) is 0 Å².